The average Bonchev–Trinajstić information content (AvgIpc) is 3.08. The number of likely N-dealkylation sites (N-methyl/N-ethyl adjacent to an activating group) is 1. The summed E-state index contributed by atoms with van der Waals surface area (Å²) in [5, 5.41) is 8.13. The van der Waals surface area contributed by atoms with E-state index in [0.29, 0.717) is 23.8 Å². The van der Waals surface area contributed by atoms with Crippen LogP contribution in [0.4, 0.5) is 5.69 Å². The lowest BCUT2D eigenvalue weighted by Crippen LogP contribution is -3.13. The SMILES string of the molecule is CC[NH+](CC(=O)NCc1cccs1)CC(=O)Nc1ccccc1Cl. The minimum Gasteiger partial charge on any atom is -0.346 e. The molecule has 1 atom stereocenters. The van der Waals surface area contributed by atoms with Crippen LogP contribution >= 0.6 is 22.9 Å². The van der Waals surface area contributed by atoms with Crippen molar-refractivity contribution >= 4 is 40.4 Å². The summed E-state index contributed by atoms with van der Waals surface area (Å²) in [5.41, 5.74) is 0.585. The van der Waals surface area contributed by atoms with E-state index < -0.39 is 0 Å². The van der Waals surface area contributed by atoms with Crippen LogP contribution in [0.1, 0.15) is 11.8 Å². The van der Waals surface area contributed by atoms with Gasteiger partial charge in [0.25, 0.3) is 11.8 Å². The Morgan fingerprint density at radius 3 is 2.54 bits per heavy atom. The quantitative estimate of drug-likeness (QED) is 0.664. The number of rotatable bonds is 8. The lowest BCUT2D eigenvalue weighted by atomic mass is 10.3. The molecule has 0 saturated heterocycles. The molecule has 5 nitrogen and oxygen atoms in total. The number of hydrogen-bond acceptors (Lipinski definition) is 3. The fraction of sp³-hybridized carbons (Fsp3) is 0.294. The van der Waals surface area contributed by atoms with Crippen molar-refractivity contribution in [2.45, 2.75) is 13.5 Å². The highest BCUT2D eigenvalue weighted by molar-refractivity contribution is 7.09. The van der Waals surface area contributed by atoms with E-state index >= 15 is 0 Å². The highest BCUT2D eigenvalue weighted by Crippen LogP contribution is 2.19. The summed E-state index contributed by atoms with van der Waals surface area (Å²) >= 11 is 7.63. The standard InChI is InChI=1S/C17H20ClN3O2S/c1-2-21(11-16(22)19-10-13-6-5-9-24-13)12-17(23)20-15-8-4-3-7-14(15)18/h3-9H,2,10-12H2,1H3,(H,19,22)(H,20,23)/p+1. The highest BCUT2D eigenvalue weighted by atomic mass is 35.5. The lowest BCUT2D eigenvalue weighted by Gasteiger charge is -2.17. The predicted octanol–water partition coefficient (Wildman–Crippen LogP) is 1.56. The summed E-state index contributed by atoms with van der Waals surface area (Å²) in [6, 6.07) is 11.0. The van der Waals surface area contributed by atoms with Crippen molar-refractivity contribution in [3.63, 3.8) is 0 Å². The van der Waals surface area contributed by atoms with Crippen LogP contribution < -0.4 is 15.5 Å². The number of anilines is 1. The van der Waals surface area contributed by atoms with Gasteiger partial charge < -0.3 is 15.5 Å². The number of benzene rings is 1. The minimum atomic E-state index is -0.161. The van der Waals surface area contributed by atoms with E-state index in [1.165, 1.54) is 0 Å². The molecule has 0 radical (unpaired) electrons. The Labute approximate surface area is 150 Å². The van der Waals surface area contributed by atoms with Crippen LogP contribution in [0.5, 0.6) is 0 Å². The zero-order valence-corrected chi connectivity index (χ0v) is 15.0. The fourth-order valence-electron chi connectivity index (χ4n) is 2.18. The third kappa shape index (κ3) is 5.96. The van der Waals surface area contributed by atoms with Gasteiger partial charge in [-0.25, -0.2) is 0 Å². The van der Waals surface area contributed by atoms with E-state index in [2.05, 4.69) is 10.6 Å². The van der Waals surface area contributed by atoms with Crippen molar-refractivity contribution < 1.29 is 14.5 Å². The van der Waals surface area contributed by atoms with Gasteiger partial charge in [-0.1, -0.05) is 29.8 Å². The first-order valence-electron chi connectivity index (χ1n) is 7.75. The van der Waals surface area contributed by atoms with Gasteiger partial charge in [0, 0.05) is 4.88 Å². The maximum atomic E-state index is 12.1. The Hall–Kier alpha value is -1.89. The van der Waals surface area contributed by atoms with Crippen molar-refractivity contribution in [2.24, 2.45) is 0 Å². The van der Waals surface area contributed by atoms with E-state index in [4.69, 9.17) is 11.6 Å². The Kier molecular flexibility index (Phi) is 7.24. The second-order valence-electron chi connectivity index (χ2n) is 5.34. The Morgan fingerprint density at radius 1 is 1.12 bits per heavy atom. The predicted molar refractivity (Wildman–Crippen MR) is 97.5 cm³/mol. The van der Waals surface area contributed by atoms with E-state index in [-0.39, 0.29) is 24.9 Å². The van der Waals surface area contributed by atoms with Crippen molar-refractivity contribution in [3.05, 3.63) is 51.7 Å². The minimum absolute atomic E-state index is 0.0641. The number of quaternary nitrogens is 1. The zero-order chi connectivity index (χ0) is 17.4. The number of thiophene rings is 1. The molecule has 0 saturated carbocycles. The normalized spacial score (nSPS) is 11.8. The summed E-state index contributed by atoms with van der Waals surface area (Å²) < 4.78 is 0. The van der Waals surface area contributed by atoms with Crippen molar-refractivity contribution in [1.82, 2.24) is 5.32 Å². The molecule has 0 fully saturated rings. The molecule has 1 aromatic carbocycles. The number of nitrogens with one attached hydrogen (secondary N) is 3. The van der Waals surface area contributed by atoms with Crippen LogP contribution in [0, 0.1) is 0 Å². The molecule has 0 spiro atoms. The largest absolute Gasteiger partial charge is 0.346 e. The van der Waals surface area contributed by atoms with E-state index in [1.54, 1.807) is 29.5 Å². The molecular formula is C17H21ClN3O2S+. The monoisotopic (exact) mass is 366 g/mol. The molecule has 1 heterocycles. The van der Waals surface area contributed by atoms with Gasteiger partial charge in [0.2, 0.25) is 0 Å². The second kappa shape index (κ2) is 9.42. The molecule has 0 aliphatic heterocycles. The first-order chi connectivity index (χ1) is 11.6. The van der Waals surface area contributed by atoms with Gasteiger partial charge in [-0.05, 0) is 30.5 Å². The van der Waals surface area contributed by atoms with Crippen molar-refractivity contribution in [3.8, 4) is 0 Å². The molecule has 24 heavy (non-hydrogen) atoms. The van der Waals surface area contributed by atoms with Gasteiger partial charge in [0.15, 0.2) is 13.1 Å². The van der Waals surface area contributed by atoms with Gasteiger partial charge in [0.05, 0.1) is 23.8 Å². The zero-order valence-electron chi connectivity index (χ0n) is 13.5. The van der Waals surface area contributed by atoms with Crippen LogP contribution in [0.2, 0.25) is 5.02 Å². The van der Waals surface area contributed by atoms with Crippen LogP contribution in [0.3, 0.4) is 0 Å². The molecule has 3 N–H and O–H groups in total. The van der Waals surface area contributed by atoms with Crippen molar-refractivity contribution in [2.75, 3.05) is 25.0 Å². The summed E-state index contributed by atoms with van der Waals surface area (Å²) in [4.78, 5) is 26.2. The lowest BCUT2D eigenvalue weighted by molar-refractivity contribution is -0.881. The van der Waals surface area contributed by atoms with Crippen LogP contribution in [-0.2, 0) is 16.1 Å². The molecule has 1 aromatic heterocycles. The number of para-hydroxylation sites is 1. The van der Waals surface area contributed by atoms with Gasteiger partial charge in [-0.15, -0.1) is 11.3 Å². The number of carbonyl (C=O) groups is 2. The summed E-state index contributed by atoms with van der Waals surface area (Å²) in [7, 11) is 0. The molecule has 0 aliphatic carbocycles. The summed E-state index contributed by atoms with van der Waals surface area (Å²) in [5.74, 6) is -0.225. The first-order valence-corrected chi connectivity index (χ1v) is 9.01. The third-order valence-corrected chi connectivity index (χ3v) is 4.71. The maximum absolute atomic E-state index is 12.1. The summed E-state index contributed by atoms with van der Waals surface area (Å²) in [6.45, 7) is 3.64. The van der Waals surface area contributed by atoms with Crippen LogP contribution in [0.15, 0.2) is 41.8 Å². The van der Waals surface area contributed by atoms with Crippen LogP contribution in [-0.4, -0.2) is 31.4 Å². The molecule has 0 bridgehead atoms. The van der Waals surface area contributed by atoms with E-state index in [9.17, 15) is 9.59 Å². The Balaban J connectivity index is 1.79. The molecule has 2 rings (SSSR count). The maximum Gasteiger partial charge on any atom is 0.279 e. The summed E-state index contributed by atoms with van der Waals surface area (Å²) in [6.07, 6.45) is 0. The molecule has 2 amide bonds. The molecular weight excluding hydrogens is 346 g/mol. The van der Waals surface area contributed by atoms with Gasteiger partial charge >= 0.3 is 0 Å². The smallest absolute Gasteiger partial charge is 0.279 e. The van der Waals surface area contributed by atoms with Crippen LogP contribution in [0.25, 0.3) is 0 Å². The Bertz CT molecular complexity index is 676. The number of hydrogen-bond donors (Lipinski definition) is 3. The fourth-order valence-corrected chi connectivity index (χ4v) is 3.01. The third-order valence-electron chi connectivity index (χ3n) is 3.51. The number of halogens is 1. The molecule has 0 aliphatic rings. The Morgan fingerprint density at radius 2 is 1.88 bits per heavy atom. The molecule has 1 unspecified atom stereocenters. The molecule has 7 heteroatoms. The average molecular weight is 367 g/mol. The highest BCUT2D eigenvalue weighted by Gasteiger charge is 2.17. The number of carbonyl (C=O) groups excluding carboxylic acids is 2. The number of amides is 2. The van der Waals surface area contributed by atoms with Gasteiger partial charge in [-0.2, -0.15) is 0 Å². The van der Waals surface area contributed by atoms with E-state index in [0.717, 1.165) is 9.78 Å². The topological polar surface area (TPSA) is 62.6 Å². The van der Waals surface area contributed by atoms with Crippen molar-refractivity contribution in [1.29, 1.82) is 0 Å². The van der Waals surface area contributed by atoms with E-state index in [1.807, 2.05) is 30.5 Å². The second-order valence-corrected chi connectivity index (χ2v) is 6.78. The first kappa shape index (κ1) is 18.4. The van der Waals surface area contributed by atoms with Gasteiger partial charge in [-0.3, -0.25) is 9.59 Å². The van der Waals surface area contributed by atoms with Gasteiger partial charge in [0.1, 0.15) is 0 Å². The molecule has 128 valence electrons. The molecule has 2 aromatic rings.